The van der Waals surface area contributed by atoms with Crippen LogP contribution >= 0.6 is 15.6 Å². The molecule has 0 saturated heterocycles. The van der Waals surface area contributed by atoms with Crippen LogP contribution in [0.1, 0.15) is 330 Å². The summed E-state index contributed by atoms with van der Waals surface area (Å²) < 4.78 is 68.1. The molecule has 19 heteroatoms. The van der Waals surface area contributed by atoms with Crippen LogP contribution < -0.4 is 0 Å². The number of phosphoric ester groups is 2. The molecular weight excluding hydrogens is 1160 g/mol. The maximum absolute atomic E-state index is 13.0. The lowest BCUT2D eigenvalue weighted by Crippen LogP contribution is -2.30. The summed E-state index contributed by atoms with van der Waals surface area (Å²) in [6.45, 7) is 7.14. The van der Waals surface area contributed by atoms with Crippen LogP contribution in [-0.2, 0) is 65.4 Å². The molecule has 0 fully saturated rings. The van der Waals surface area contributed by atoms with E-state index in [0.29, 0.717) is 25.7 Å². The van der Waals surface area contributed by atoms with Gasteiger partial charge in [0.15, 0.2) is 12.2 Å². The summed E-state index contributed by atoms with van der Waals surface area (Å²) in [6.07, 6.45) is 50.8. The number of aliphatic hydroxyl groups excluding tert-OH is 1. The van der Waals surface area contributed by atoms with Gasteiger partial charge in [0.1, 0.15) is 19.3 Å². The fourth-order valence-corrected chi connectivity index (χ4v) is 11.5. The van der Waals surface area contributed by atoms with Crippen LogP contribution in [0.2, 0.25) is 0 Å². The van der Waals surface area contributed by atoms with Crippen molar-refractivity contribution >= 4 is 39.5 Å². The SMILES string of the molecule is CCCCCC/C=C\C=C/CCCCCCCC(=O)O[C@H](COC(=O)CCCCCCCCCCCCCCC(C)C)COP(=O)(O)OC[C@@H](O)COP(=O)(O)OC[C@@H](COC(=O)CCCCCCCCCC)OC(=O)CCCCCCCCCCCC. The molecule has 0 aliphatic rings. The van der Waals surface area contributed by atoms with Crippen LogP contribution in [0.3, 0.4) is 0 Å². The van der Waals surface area contributed by atoms with Gasteiger partial charge in [0, 0.05) is 25.7 Å². The lowest BCUT2D eigenvalue weighted by molar-refractivity contribution is -0.161. The summed E-state index contributed by atoms with van der Waals surface area (Å²) in [4.78, 5) is 72.3. The first-order valence-corrected chi connectivity index (χ1v) is 38.4. The van der Waals surface area contributed by atoms with Gasteiger partial charge in [-0.05, 0) is 57.3 Å². The van der Waals surface area contributed by atoms with Crippen molar-refractivity contribution in [3.8, 4) is 0 Å². The predicted molar refractivity (Wildman–Crippen MR) is 354 cm³/mol. The van der Waals surface area contributed by atoms with Crippen molar-refractivity contribution in [2.75, 3.05) is 39.6 Å². The zero-order valence-electron chi connectivity index (χ0n) is 56.3. The average Bonchev–Trinajstić information content (AvgIpc) is 3.59. The number of unbranched alkanes of at least 4 members (excludes halogenated alkanes) is 36. The Bertz CT molecular complexity index is 1800. The Morgan fingerprint density at radius 3 is 0.932 bits per heavy atom. The molecule has 0 aliphatic carbocycles. The minimum absolute atomic E-state index is 0.0852. The second-order valence-electron chi connectivity index (χ2n) is 24.7. The molecule has 0 heterocycles. The molecule has 0 bridgehead atoms. The van der Waals surface area contributed by atoms with Crippen LogP contribution in [0.5, 0.6) is 0 Å². The van der Waals surface area contributed by atoms with E-state index in [1.807, 2.05) is 0 Å². The van der Waals surface area contributed by atoms with E-state index in [1.165, 1.54) is 135 Å². The summed E-state index contributed by atoms with van der Waals surface area (Å²) in [6, 6.07) is 0. The highest BCUT2D eigenvalue weighted by atomic mass is 31.2. The minimum Gasteiger partial charge on any atom is -0.462 e. The summed E-state index contributed by atoms with van der Waals surface area (Å²) in [5.41, 5.74) is 0. The van der Waals surface area contributed by atoms with Crippen molar-refractivity contribution in [3.63, 3.8) is 0 Å². The zero-order chi connectivity index (χ0) is 64.9. The minimum atomic E-state index is -4.96. The second kappa shape index (κ2) is 62.0. The smallest absolute Gasteiger partial charge is 0.462 e. The zero-order valence-corrected chi connectivity index (χ0v) is 58.1. The first kappa shape index (κ1) is 85.5. The van der Waals surface area contributed by atoms with E-state index in [9.17, 15) is 43.2 Å². The van der Waals surface area contributed by atoms with Crippen molar-refractivity contribution in [1.29, 1.82) is 0 Å². The van der Waals surface area contributed by atoms with Gasteiger partial charge in [-0.15, -0.1) is 0 Å². The largest absolute Gasteiger partial charge is 0.472 e. The molecule has 0 aromatic rings. The molecular formula is C69H130O17P2. The van der Waals surface area contributed by atoms with E-state index >= 15 is 0 Å². The standard InChI is InChI=1S/C69H130O17P2/c1-6-9-12-15-18-21-23-24-25-26-31-35-40-45-50-55-69(74)86-65(59-80-67(72)53-48-43-38-34-30-28-27-29-32-36-41-46-51-62(4)5)61-84-88(77,78)82-57-63(70)56-81-87(75,76)83-60-64(58-79-66(71)52-47-42-37-20-17-14-11-8-3)85-68(73)54-49-44-39-33-22-19-16-13-10-7-2/h21,23-25,62-65,70H,6-20,22,26-61H2,1-5H3,(H,75,76)(H,77,78)/b23-21-,25-24-/t63-,64+,65+/m0/s1. The maximum atomic E-state index is 13.0. The summed E-state index contributed by atoms with van der Waals surface area (Å²) in [5.74, 6) is -1.38. The number of phosphoric acid groups is 2. The van der Waals surface area contributed by atoms with E-state index in [4.69, 9.17) is 37.0 Å². The Morgan fingerprint density at radius 2 is 0.614 bits per heavy atom. The molecule has 17 nitrogen and oxygen atoms in total. The molecule has 518 valence electrons. The number of ether oxygens (including phenoxy) is 4. The molecule has 0 rings (SSSR count). The average molecular weight is 1290 g/mol. The topological polar surface area (TPSA) is 237 Å². The summed E-state index contributed by atoms with van der Waals surface area (Å²) >= 11 is 0. The molecule has 0 aliphatic heterocycles. The molecule has 2 unspecified atom stereocenters. The van der Waals surface area contributed by atoms with Gasteiger partial charge in [0.05, 0.1) is 26.4 Å². The first-order chi connectivity index (χ1) is 42.5. The van der Waals surface area contributed by atoms with Crippen molar-refractivity contribution in [2.24, 2.45) is 5.92 Å². The van der Waals surface area contributed by atoms with Crippen LogP contribution in [0.4, 0.5) is 0 Å². The quantitative estimate of drug-likeness (QED) is 0.0169. The van der Waals surface area contributed by atoms with Gasteiger partial charge in [-0.2, -0.15) is 0 Å². The van der Waals surface area contributed by atoms with E-state index in [2.05, 4.69) is 58.9 Å². The van der Waals surface area contributed by atoms with E-state index < -0.39 is 97.5 Å². The molecule has 0 aromatic heterocycles. The number of carbonyl (C=O) groups is 4. The molecule has 0 radical (unpaired) electrons. The second-order valence-corrected chi connectivity index (χ2v) is 27.6. The van der Waals surface area contributed by atoms with Crippen molar-refractivity contribution in [1.82, 2.24) is 0 Å². The van der Waals surface area contributed by atoms with Gasteiger partial charge in [-0.3, -0.25) is 37.3 Å². The van der Waals surface area contributed by atoms with Gasteiger partial charge < -0.3 is 33.8 Å². The lowest BCUT2D eigenvalue weighted by Gasteiger charge is -2.21. The molecule has 0 spiro atoms. The number of allylic oxidation sites excluding steroid dienone is 4. The number of hydrogen-bond donors (Lipinski definition) is 3. The number of carbonyl (C=O) groups excluding carboxylic acids is 4. The number of rotatable bonds is 67. The molecule has 88 heavy (non-hydrogen) atoms. The summed E-state index contributed by atoms with van der Waals surface area (Å²) in [7, 11) is -9.90. The maximum Gasteiger partial charge on any atom is 0.472 e. The fraction of sp³-hybridized carbons (Fsp3) is 0.884. The van der Waals surface area contributed by atoms with Crippen LogP contribution in [0.15, 0.2) is 24.3 Å². The summed E-state index contributed by atoms with van der Waals surface area (Å²) in [5, 5.41) is 10.6. The number of hydrogen-bond acceptors (Lipinski definition) is 15. The monoisotopic (exact) mass is 1290 g/mol. The van der Waals surface area contributed by atoms with Crippen LogP contribution in [-0.4, -0.2) is 96.7 Å². The third-order valence-electron chi connectivity index (χ3n) is 15.4. The van der Waals surface area contributed by atoms with Gasteiger partial charge in [-0.1, -0.05) is 277 Å². The Kier molecular flexibility index (Phi) is 60.3. The first-order valence-electron chi connectivity index (χ1n) is 35.5. The van der Waals surface area contributed by atoms with Crippen molar-refractivity contribution in [2.45, 2.75) is 348 Å². The van der Waals surface area contributed by atoms with Crippen LogP contribution in [0.25, 0.3) is 0 Å². The fourth-order valence-electron chi connectivity index (χ4n) is 9.93. The highest BCUT2D eigenvalue weighted by Gasteiger charge is 2.30. The number of aliphatic hydroxyl groups is 1. The van der Waals surface area contributed by atoms with E-state index in [1.54, 1.807) is 0 Å². The normalized spacial score (nSPS) is 14.3. The lowest BCUT2D eigenvalue weighted by atomic mass is 10.0. The molecule has 0 aromatic carbocycles. The molecule has 0 amide bonds. The van der Waals surface area contributed by atoms with Crippen molar-refractivity contribution < 1.29 is 80.2 Å². The Balaban J connectivity index is 5.26. The van der Waals surface area contributed by atoms with E-state index in [0.717, 1.165) is 115 Å². The predicted octanol–water partition coefficient (Wildman–Crippen LogP) is 19.3. The highest BCUT2D eigenvalue weighted by molar-refractivity contribution is 7.47. The molecule has 3 N–H and O–H groups in total. The molecule has 5 atom stereocenters. The third kappa shape index (κ3) is 62.4. The Morgan fingerprint density at radius 1 is 0.352 bits per heavy atom. The van der Waals surface area contributed by atoms with Gasteiger partial charge in [-0.25, -0.2) is 9.13 Å². The van der Waals surface area contributed by atoms with Gasteiger partial charge in [0.2, 0.25) is 0 Å². The Hall–Kier alpha value is -2.46. The van der Waals surface area contributed by atoms with E-state index in [-0.39, 0.29) is 25.7 Å². The van der Waals surface area contributed by atoms with Crippen molar-refractivity contribution in [3.05, 3.63) is 24.3 Å². The Labute approximate surface area is 535 Å². The van der Waals surface area contributed by atoms with Crippen LogP contribution in [0, 0.1) is 5.92 Å². The third-order valence-corrected chi connectivity index (χ3v) is 17.3. The number of esters is 4. The van der Waals surface area contributed by atoms with Gasteiger partial charge >= 0.3 is 39.5 Å². The highest BCUT2D eigenvalue weighted by Crippen LogP contribution is 2.45. The molecule has 0 saturated carbocycles. The van der Waals surface area contributed by atoms with Gasteiger partial charge in [0.25, 0.3) is 0 Å².